The van der Waals surface area contributed by atoms with E-state index in [0.717, 1.165) is 33.2 Å². The zero-order valence-corrected chi connectivity index (χ0v) is 17.7. The van der Waals surface area contributed by atoms with Crippen LogP contribution in [0.4, 0.5) is 5.69 Å². The highest BCUT2D eigenvalue weighted by Crippen LogP contribution is 2.26. The molecule has 3 heterocycles. The summed E-state index contributed by atoms with van der Waals surface area (Å²) >= 11 is 3.62. The first-order valence-electron chi connectivity index (χ1n) is 8.81. The van der Waals surface area contributed by atoms with Crippen LogP contribution in [0.15, 0.2) is 47.1 Å². The number of sulfone groups is 1. The quantitative estimate of drug-likeness (QED) is 0.616. The van der Waals surface area contributed by atoms with Crippen molar-refractivity contribution in [2.45, 2.75) is 13.8 Å². The van der Waals surface area contributed by atoms with Crippen LogP contribution in [0, 0.1) is 13.8 Å². The summed E-state index contributed by atoms with van der Waals surface area (Å²) in [5.41, 5.74) is 4.21. The van der Waals surface area contributed by atoms with Crippen molar-refractivity contribution in [1.29, 1.82) is 0 Å². The first-order chi connectivity index (χ1) is 12.8. The molecule has 0 N–H and O–H groups in total. The van der Waals surface area contributed by atoms with Crippen LogP contribution in [0.25, 0.3) is 11.5 Å². The van der Waals surface area contributed by atoms with Crippen LogP contribution < -0.4 is 4.90 Å². The van der Waals surface area contributed by atoms with E-state index in [1.165, 1.54) is 0 Å². The van der Waals surface area contributed by atoms with Crippen LogP contribution in [0.1, 0.15) is 11.4 Å². The molecule has 0 amide bonds. The van der Waals surface area contributed by atoms with E-state index in [9.17, 15) is 8.42 Å². The molecule has 0 unspecified atom stereocenters. The Labute approximate surface area is 167 Å². The minimum atomic E-state index is -2.89. The predicted molar refractivity (Wildman–Crippen MR) is 111 cm³/mol. The minimum absolute atomic E-state index is 0.207. The molecule has 0 saturated carbocycles. The van der Waals surface area contributed by atoms with E-state index in [0.29, 0.717) is 13.1 Å². The summed E-state index contributed by atoms with van der Waals surface area (Å²) in [7, 11) is -2.89. The van der Waals surface area contributed by atoms with Crippen molar-refractivity contribution >= 4 is 31.5 Å². The van der Waals surface area contributed by atoms with E-state index < -0.39 is 9.84 Å². The Bertz CT molecular complexity index is 1070. The number of rotatable bonds is 3. The first-order valence-corrected chi connectivity index (χ1v) is 11.4. The SMILES string of the molecule is Cc1ccc(C)n1-c1cc(Br)n(-c2cccc(N3CCS(=O)(=O)CC3)c2)n1. The van der Waals surface area contributed by atoms with Crippen molar-refractivity contribution in [3.8, 4) is 11.5 Å². The summed E-state index contributed by atoms with van der Waals surface area (Å²) in [4.78, 5) is 2.11. The van der Waals surface area contributed by atoms with Gasteiger partial charge in [0.05, 0.1) is 17.2 Å². The molecule has 1 aliphatic rings. The molecule has 1 saturated heterocycles. The monoisotopic (exact) mass is 448 g/mol. The third kappa shape index (κ3) is 3.55. The number of nitrogens with zero attached hydrogens (tertiary/aromatic N) is 4. The fraction of sp³-hybridized carbons (Fsp3) is 0.316. The molecule has 142 valence electrons. The summed E-state index contributed by atoms with van der Waals surface area (Å²) < 4.78 is 28.2. The molecular weight excluding hydrogens is 428 g/mol. The van der Waals surface area contributed by atoms with Gasteiger partial charge in [0.1, 0.15) is 4.60 Å². The number of benzene rings is 1. The van der Waals surface area contributed by atoms with Gasteiger partial charge in [-0.2, -0.15) is 0 Å². The molecule has 8 heteroatoms. The molecule has 0 atom stereocenters. The summed E-state index contributed by atoms with van der Waals surface area (Å²) in [6, 6.07) is 14.2. The molecule has 0 radical (unpaired) electrons. The van der Waals surface area contributed by atoms with Crippen LogP contribution in [0.2, 0.25) is 0 Å². The zero-order chi connectivity index (χ0) is 19.2. The van der Waals surface area contributed by atoms with E-state index in [2.05, 4.69) is 57.4 Å². The van der Waals surface area contributed by atoms with Gasteiger partial charge in [-0.15, -0.1) is 5.10 Å². The molecule has 1 aromatic carbocycles. The fourth-order valence-electron chi connectivity index (χ4n) is 3.46. The lowest BCUT2D eigenvalue weighted by Gasteiger charge is -2.29. The van der Waals surface area contributed by atoms with E-state index >= 15 is 0 Å². The predicted octanol–water partition coefficient (Wildman–Crippen LogP) is 3.28. The van der Waals surface area contributed by atoms with Gasteiger partial charge in [-0.05, 0) is 60.1 Å². The summed E-state index contributed by atoms with van der Waals surface area (Å²) in [6.07, 6.45) is 0. The van der Waals surface area contributed by atoms with Crippen molar-refractivity contribution in [2.75, 3.05) is 29.5 Å². The molecule has 4 rings (SSSR count). The van der Waals surface area contributed by atoms with Crippen LogP contribution >= 0.6 is 15.9 Å². The molecule has 1 fully saturated rings. The number of halogens is 1. The lowest BCUT2D eigenvalue weighted by molar-refractivity contribution is 0.587. The van der Waals surface area contributed by atoms with Gasteiger partial charge in [-0.3, -0.25) is 0 Å². The summed E-state index contributed by atoms with van der Waals surface area (Å²) in [6.45, 7) is 5.17. The molecule has 0 bridgehead atoms. The highest BCUT2D eigenvalue weighted by molar-refractivity contribution is 9.10. The van der Waals surface area contributed by atoms with E-state index in [1.54, 1.807) is 0 Å². The average molecular weight is 449 g/mol. The van der Waals surface area contributed by atoms with Crippen molar-refractivity contribution < 1.29 is 8.42 Å². The van der Waals surface area contributed by atoms with E-state index in [-0.39, 0.29) is 11.5 Å². The highest BCUT2D eigenvalue weighted by atomic mass is 79.9. The van der Waals surface area contributed by atoms with Crippen molar-refractivity contribution in [3.05, 3.63) is 58.5 Å². The fourth-order valence-corrected chi connectivity index (χ4v) is 5.15. The second-order valence-corrected chi connectivity index (χ2v) is 9.96. The number of hydrogen-bond acceptors (Lipinski definition) is 4. The topological polar surface area (TPSA) is 60.1 Å². The summed E-state index contributed by atoms with van der Waals surface area (Å²) in [5.74, 6) is 1.27. The average Bonchev–Trinajstić information content (AvgIpc) is 3.17. The Morgan fingerprint density at radius 3 is 2.26 bits per heavy atom. The largest absolute Gasteiger partial charge is 0.369 e. The maximum Gasteiger partial charge on any atom is 0.160 e. The zero-order valence-electron chi connectivity index (χ0n) is 15.3. The number of anilines is 1. The summed E-state index contributed by atoms with van der Waals surface area (Å²) in [5, 5.41) is 4.77. The Balaban J connectivity index is 1.67. The van der Waals surface area contributed by atoms with Crippen molar-refractivity contribution in [1.82, 2.24) is 14.3 Å². The van der Waals surface area contributed by atoms with Crippen molar-refractivity contribution in [2.24, 2.45) is 0 Å². The number of hydrogen-bond donors (Lipinski definition) is 0. The van der Waals surface area contributed by atoms with Crippen LogP contribution in [0.5, 0.6) is 0 Å². The lowest BCUT2D eigenvalue weighted by Crippen LogP contribution is -2.40. The Morgan fingerprint density at radius 2 is 1.59 bits per heavy atom. The Kier molecular flexibility index (Phi) is 4.63. The Hall–Kier alpha value is -2.06. The maximum atomic E-state index is 11.7. The van der Waals surface area contributed by atoms with Gasteiger partial charge in [0.15, 0.2) is 15.7 Å². The third-order valence-corrected chi connectivity index (χ3v) is 7.11. The van der Waals surface area contributed by atoms with Crippen LogP contribution in [0.3, 0.4) is 0 Å². The van der Waals surface area contributed by atoms with Gasteiger partial charge >= 0.3 is 0 Å². The van der Waals surface area contributed by atoms with Crippen molar-refractivity contribution in [3.63, 3.8) is 0 Å². The second kappa shape index (κ2) is 6.83. The van der Waals surface area contributed by atoms with Gasteiger partial charge in [0.25, 0.3) is 0 Å². The smallest absolute Gasteiger partial charge is 0.160 e. The van der Waals surface area contributed by atoms with E-state index in [1.807, 2.05) is 28.9 Å². The maximum absolute atomic E-state index is 11.7. The lowest BCUT2D eigenvalue weighted by atomic mass is 10.2. The number of aryl methyl sites for hydroxylation is 2. The molecular formula is C19H21BrN4O2S. The van der Waals surface area contributed by atoms with E-state index in [4.69, 9.17) is 5.10 Å². The Morgan fingerprint density at radius 1 is 0.963 bits per heavy atom. The first kappa shape index (κ1) is 18.3. The molecule has 2 aromatic heterocycles. The second-order valence-electron chi connectivity index (χ2n) is 6.85. The molecule has 3 aromatic rings. The normalized spacial score (nSPS) is 16.6. The van der Waals surface area contributed by atoms with Gasteiger partial charge in [0, 0.05) is 36.2 Å². The molecule has 0 spiro atoms. The molecule has 1 aliphatic heterocycles. The van der Waals surface area contributed by atoms with Gasteiger partial charge < -0.3 is 9.47 Å². The molecule has 6 nitrogen and oxygen atoms in total. The third-order valence-electron chi connectivity index (χ3n) is 4.94. The molecule has 0 aliphatic carbocycles. The van der Waals surface area contributed by atoms with Gasteiger partial charge in [0.2, 0.25) is 0 Å². The van der Waals surface area contributed by atoms with Crippen LogP contribution in [-0.4, -0.2) is 47.4 Å². The number of aromatic nitrogens is 3. The van der Waals surface area contributed by atoms with Gasteiger partial charge in [-0.25, -0.2) is 13.1 Å². The van der Waals surface area contributed by atoms with Crippen LogP contribution in [-0.2, 0) is 9.84 Å². The van der Waals surface area contributed by atoms with Gasteiger partial charge in [-0.1, -0.05) is 6.07 Å². The minimum Gasteiger partial charge on any atom is -0.369 e. The molecule has 27 heavy (non-hydrogen) atoms. The highest BCUT2D eigenvalue weighted by Gasteiger charge is 2.22. The standard InChI is InChI=1S/C19H21BrN4O2S/c1-14-6-7-15(2)23(14)19-13-18(20)24(21-19)17-5-3-4-16(12-17)22-8-10-27(25,26)11-9-22/h3-7,12-13H,8-11H2,1-2H3.